The summed E-state index contributed by atoms with van der Waals surface area (Å²) in [6.07, 6.45) is 0. The molecule has 0 atom stereocenters. The van der Waals surface area contributed by atoms with Crippen LogP contribution in [0.15, 0.2) is 42.5 Å². The molecular formula is C14H13O. The van der Waals surface area contributed by atoms with Crippen molar-refractivity contribution in [3.05, 3.63) is 54.1 Å². The van der Waals surface area contributed by atoms with Gasteiger partial charge >= 0.3 is 0 Å². The third-order valence-electron chi connectivity index (χ3n) is 2.35. The first-order chi connectivity index (χ1) is 7.31. The molecule has 0 saturated heterocycles. The smallest absolute Gasteiger partial charge is 0.126 e. The lowest BCUT2D eigenvalue weighted by Crippen LogP contribution is -1.87. The Labute approximate surface area is 90.3 Å². The highest BCUT2D eigenvalue weighted by atomic mass is 16.5. The molecule has 0 aliphatic carbocycles. The fourth-order valence-corrected chi connectivity index (χ4v) is 1.60. The zero-order chi connectivity index (χ0) is 10.7. The van der Waals surface area contributed by atoms with Gasteiger partial charge in [-0.15, -0.1) is 0 Å². The van der Waals surface area contributed by atoms with Crippen LogP contribution in [-0.2, 0) is 0 Å². The third-order valence-corrected chi connectivity index (χ3v) is 2.35. The van der Waals surface area contributed by atoms with Crippen LogP contribution in [0.5, 0.6) is 5.75 Å². The molecule has 75 valence electrons. The summed E-state index contributed by atoms with van der Waals surface area (Å²) in [5.74, 6) is 0.888. The molecule has 0 aliphatic rings. The van der Waals surface area contributed by atoms with Gasteiger partial charge in [-0.25, -0.2) is 0 Å². The Bertz CT molecular complexity index is 460. The highest BCUT2D eigenvalue weighted by Crippen LogP contribution is 2.29. The van der Waals surface area contributed by atoms with Crippen LogP contribution in [-0.4, -0.2) is 7.11 Å². The van der Waals surface area contributed by atoms with Gasteiger partial charge in [-0.05, 0) is 24.6 Å². The molecule has 0 bridgehead atoms. The number of hydrogen-bond acceptors (Lipinski definition) is 1. The Morgan fingerprint density at radius 3 is 2.67 bits per heavy atom. The molecule has 2 aromatic rings. The van der Waals surface area contributed by atoms with Gasteiger partial charge in [0.25, 0.3) is 0 Å². The van der Waals surface area contributed by atoms with Crippen molar-refractivity contribution in [2.45, 2.75) is 6.92 Å². The minimum Gasteiger partial charge on any atom is -0.496 e. The summed E-state index contributed by atoms with van der Waals surface area (Å²) in [4.78, 5) is 0. The maximum atomic E-state index is 5.32. The lowest BCUT2D eigenvalue weighted by atomic mass is 10.0. The zero-order valence-corrected chi connectivity index (χ0v) is 8.95. The molecule has 0 unspecified atom stereocenters. The molecule has 0 N–H and O–H groups in total. The Morgan fingerprint density at radius 1 is 1.13 bits per heavy atom. The minimum atomic E-state index is 0.888. The van der Waals surface area contributed by atoms with E-state index in [-0.39, 0.29) is 0 Å². The summed E-state index contributed by atoms with van der Waals surface area (Å²) in [5.41, 5.74) is 3.39. The van der Waals surface area contributed by atoms with Gasteiger partial charge in [-0.2, -0.15) is 0 Å². The van der Waals surface area contributed by atoms with Gasteiger partial charge < -0.3 is 4.74 Å². The average Bonchev–Trinajstić information content (AvgIpc) is 2.29. The summed E-state index contributed by atoms with van der Waals surface area (Å²) in [6, 6.07) is 17.3. The quantitative estimate of drug-likeness (QED) is 0.716. The number of aryl methyl sites for hydroxylation is 1. The molecule has 2 rings (SSSR count). The molecule has 15 heavy (non-hydrogen) atoms. The standard InChI is InChI=1S/C14H13O/c1-11-6-5-7-12(10-11)13-8-3-4-9-14(13)15-2/h3-6,8-10H,1-2H3. The molecular weight excluding hydrogens is 184 g/mol. The van der Waals surface area contributed by atoms with Crippen LogP contribution < -0.4 is 4.74 Å². The highest BCUT2D eigenvalue weighted by Gasteiger charge is 2.04. The molecule has 0 saturated carbocycles. The Kier molecular flexibility index (Phi) is 2.72. The van der Waals surface area contributed by atoms with Crippen LogP contribution in [0.1, 0.15) is 5.56 Å². The van der Waals surface area contributed by atoms with Gasteiger partial charge in [0.05, 0.1) is 7.11 Å². The first kappa shape index (κ1) is 9.78. The molecule has 0 heterocycles. The maximum Gasteiger partial charge on any atom is 0.126 e. The first-order valence-corrected chi connectivity index (χ1v) is 4.93. The summed E-state index contributed by atoms with van der Waals surface area (Å²) in [5, 5.41) is 0. The summed E-state index contributed by atoms with van der Waals surface area (Å²) < 4.78 is 5.32. The van der Waals surface area contributed by atoms with Gasteiger partial charge in [0, 0.05) is 5.56 Å². The van der Waals surface area contributed by atoms with Gasteiger partial charge in [0.1, 0.15) is 5.75 Å². The van der Waals surface area contributed by atoms with Crippen molar-refractivity contribution >= 4 is 0 Å². The van der Waals surface area contributed by atoms with E-state index in [9.17, 15) is 0 Å². The van der Waals surface area contributed by atoms with E-state index in [1.807, 2.05) is 36.4 Å². The van der Waals surface area contributed by atoms with E-state index in [0.29, 0.717) is 0 Å². The second kappa shape index (κ2) is 4.18. The fraction of sp³-hybridized carbons (Fsp3) is 0.143. The van der Waals surface area contributed by atoms with Crippen molar-refractivity contribution in [3.8, 4) is 16.9 Å². The van der Waals surface area contributed by atoms with E-state index in [1.165, 1.54) is 5.56 Å². The number of para-hydroxylation sites is 1. The van der Waals surface area contributed by atoms with Crippen molar-refractivity contribution < 1.29 is 4.74 Å². The Morgan fingerprint density at radius 2 is 1.93 bits per heavy atom. The first-order valence-electron chi connectivity index (χ1n) is 4.93. The van der Waals surface area contributed by atoms with Crippen molar-refractivity contribution in [2.75, 3.05) is 7.11 Å². The van der Waals surface area contributed by atoms with Crippen LogP contribution in [0, 0.1) is 13.0 Å². The summed E-state index contributed by atoms with van der Waals surface area (Å²) in [7, 11) is 1.69. The van der Waals surface area contributed by atoms with Crippen LogP contribution in [0.4, 0.5) is 0 Å². The SMILES string of the molecule is COc1ccccc1-c1[c]ccc(C)c1. The Hall–Kier alpha value is -1.76. The molecule has 0 aliphatic heterocycles. The topological polar surface area (TPSA) is 9.23 Å². The lowest BCUT2D eigenvalue weighted by Gasteiger charge is -2.08. The summed E-state index contributed by atoms with van der Waals surface area (Å²) in [6.45, 7) is 2.08. The van der Waals surface area contributed by atoms with Crippen molar-refractivity contribution in [1.29, 1.82) is 0 Å². The molecule has 1 nitrogen and oxygen atoms in total. The van der Waals surface area contributed by atoms with Gasteiger partial charge in [0.2, 0.25) is 0 Å². The number of methoxy groups -OCH3 is 1. The lowest BCUT2D eigenvalue weighted by molar-refractivity contribution is 0.416. The second-order valence-corrected chi connectivity index (χ2v) is 3.48. The van der Waals surface area contributed by atoms with Crippen LogP contribution in [0.3, 0.4) is 0 Å². The minimum absolute atomic E-state index is 0.888. The maximum absolute atomic E-state index is 5.32. The number of ether oxygens (including phenoxy) is 1. The van der Waals surface area contributed by atoms with Crippen molar-refractivity contribution in [3.63, 3.8) is 0 Å². The normalized spacial score (nSPS) is 10.0. The molecule has 0 fully saturated rings. The predicted molar refractivity (Wildman–Crippen MR) is 62.0 cm³/mol. The largest absolute Gasteiger partial charge is 0.496 e. The molecule has 0 aromatic heterocycles. The van der Waals surface area contributed by atoms with E-state index in [0.717, 1.165) is 16.9 Å². The zero-order valence-electron chi connectivity index (χ0n) is 8.95. The molecule has 0 amide bonds. The van der Waals surface area contributed by atoms with Crippen molar-refractivity contribution in [1.82, 2.24) is 0 Å². The molecule has 1 radical (unpaired) electrons. The molecule has 1 heteroatoms. The summed E-state index contributed by atoms with van der Waals surface area (Å²) >= 11 is 0. The van der Waals surface area contributed by atoms with E-state index >= 15 is 0 Å². The predicted octanol–water partition coefficient (Wildman–Crippen LogP) is 3.47. The Balaban J connectivity index is 2.53. The van der Waals surface area contributed by atoms with Gasteiger partial charge in [-0.1, -0.05) is 42.0 Å². The van der Waals surface area contributed by atoms with Crippen molar-refractivity contribution in [2.24, 2.45) is 0 Å². The van der Waals surface area contributed by atoms with Gasteiger partial charge in [-0.3, -0.25) is 0 Å². The van der Waals surface area contributed by atoms with Crippen LogP contribution in [0.25, 0.3) is 11.1 Å². The molecule has 2 aromatic carbocycles. The molecule has 0 spiro atoms. The van der Waals surface area contributed by atoms with E-state index < -0.39 is 0 Å². The monoisotopic (exact) mass is 197 g/mol. The highest BCUT2D eigenvalue weighted by molar-refractivity contribution is 5.70. The third kappa shape index (κ3) is 2.01. The average molecular weight is 197 g/mol. The van der Waals surface area contributed by atoms with E-state index in [1.54, 1.807) is 7.11 Å². The fourth-order valence-electron chi connectivity index (χ4n) is 1.60. The van der Waals surface area contributed by atoms with Gasteiger partial charge in [0.15, 0.2) is 0 Å². The van der Waals surface area contributed by atoms with E-state index in [4.69, 9.17) is 4.74 Å². The van der Waals surface area contributed by atoms with Crippen LogP contribution in [0.2, 0.25) is 0 Å². The number of benzene rings is 2. The van der Waals surface area contributed by atoms with Crippen LogP contribution >= 0.6 is 0 Å². The number of rotatable bonds is 2. The second-order valence-electron chi connectivity index (χ2n) is 3.48. The number of hydrogen-bond donors (Lipinski definition) is 0. The van der Waals surface area contributed by atoms with E-state index in [2.05, 4.69) is 19.1 Å².